The topological polar surface area (TPSA) is 83.6 Å². The van der Waals surface area contributed by atoms with Crippen LogP contribution in [0.5, 0.6) is 0 Å². The van der Waals surface area contributed by atoms with E-state index < -0.39 is 33.6 Å². The predicted octanol–water partition coefficient (Wildman–Crippen LogP) is 4.80. The van der Waals surface area contributed by atoms with Crippen molar-refractivity contribution in [2.75, 3.05) is 4.90 Å². The SMILES string of the molecule is CC(C)N(C(=O)C(CC1CC1)C(=O)NS(=O)(=O)c1ccc(Cl)c(Cl)c1)c1ccc(F)cc1. The summed E-state index contributed by atoms with van der Waals surface area (Å²) >= 11 is 11.7. The highest BCUT2D eigenvalue weighted by Crippen LogP contribution is 2.37. The Balaban J connectivity index is 1.88. The summed E-state index contributed by atoms with van der Waals surface area (Å²) in [6, 6.07) is 8.68. The lowest BCUT2D eigenvalue weighted by Gasteiger charge is -2.30. The molecule has 1 unspecified atom stereocenters. The minimum absolute atomic E-state index is 0.0230. The van der Waals surface area contributed by atoms with E-state index in [1.807, 2.05) is 4.72 Å². The van der Waals surface area contributed by atoms with Crippen LogP contribution in [-0.4, -0.2) is 26.3 Å². The Morgan fingerprint density at radius 1 is 1.09 bits per heavy atom. The molecule has 1 atom stereocenters. The molecular formula is C22H23Cl2FN2O4S. The van der Waals surface area contributed by atoms with Crippen molar-refractivity contribution in [3.63, 3.8) is 0 Å². The Morgan fingerprint density at radius 3 is 2.25 bits per heavy atom. The van der Waals surface area contributed by atoms with Gasteiger partial charge in [-0.3, -0.25) is 9.59 Å². The second-order valence-electron chi connectivity index (χ2n) is 8.06. The van der Waals surface area contributed by atoms with Gasteiger partial charge in [-0.1, -0.05) is 36.0 Å². The number of amides is 2. The fourth-order valence-corrected chi connectivity index (χ4v) is 4.77. The molecule has 0 spiro atoms. The van der Waals surface area contributed by atoms with Crippen molar-refractivity contribution < 1.29 is 22.4 Å². The van der Waals surface area contributed by atoms with Crippen LogP contribution in [0.2, 0.25) is 10.0 Å². The molecule has 1 fully saturated rings. The molecular weight excluding hydrogens is 478 g/mol. The van der Waals surface area contributed by atoms with Gasteiger partial charge in [0, 0.05) is 11.7 Å². The Morgan fingerprint density at radius 2 is 1.72 bits per heavy atom. The van der Waals surface area contributed by atoms with Crippen LogP contribution in [0, 0.1) is 17.7 Å². The Labute approximate surface area is 196 Å². The average Bonchev–Trinajstić information content (AvgIpc) is 3.53. The number of hydrogen-bond acceptors (Lipinski definition) is 4. The van der Waals surface area contributed by atoms with E-state index in [4.69, 9.17) is 23.2 Å². The minimum atomic E-state index is -4.27. The van der Waals surface area contributed by atoms with Crippen LogP contribution in [0.1, 0.15) is 33.1 Å². The van der Waals surface area contributed by atoms with Gasteiger partial charge in [0.2, 0.25) is 11.8 Å². The summed E-state index contributed by atoms with van der Waals surface area (Å²) in [5, 5.41) is 0.195. The van der Waals surface area contributed by atoms with Crippen molar-refractivity contribution in [3.8, 4) is 0 Å². The van der Waals surface area contributed by atoms with Crippen molar-refractivity contribution in [1.82, 2.24) is 4.72 Å². The Kier molecular flexibility index (Phi) is 7.47. The van der Waals surface area contributed by atoms with E-state index in [2.05, 4.69) is 0 Å². The number of sulfonamides is 1. The molecule has 0 saturated heterocycles. The summed E-state index contributed by atoms with van der Waals surface area (Å²) in [5.41, 5.74) is 0.423. The van der Waals surface area contributed by atoms with Crippen molar-refractivity contribution in [2.45, 2.75) is 44.0 Å². The molecule has 0 aliphatic heterocycles. The first-order valence-electron chi connectivity index (χ1n) is 10.1. The quantitative estimate of drug-likeness (QED) is 0.527. The minimum Gasteiger partial charge on any atom is -0.309 e. The van der Waals surface area contributed by atoms with Gasteiger partial charge in [-0.05, 0) is 68.7 Å². The second kappa shape index (κ2) is 9.77. The van der Waals surface area contributed by atoms with E-state index >= 15 is 0 Å². The number of carbonyl (C=O) groups excluding carboxylic acids is 2. The van der Waals surface area contributed by atoms with Gasteiger partial charge in [0.05, 0.1) is 14.9 Å². The highest BCUT2D eigenvalue weighted by molar-refractivity contribution is 7.90. The Bertz CT molecular complexity index is 1120. The molecule has 0 aromatic heterocycles. The number of carbonyl (C=O) groups is 2. The molecule has 172 valence electrons. The van der Waals surface area contributed by atoms with Crippen molar-refractivity contribution in [1.29, 1.82) is 0 Å². The molecule has 32 heavy (non-hydrogen) atoms. The zero-order valence-electron chi connectivity index (χ0n) is 17.5. The number of benzene rings is 2. The maximum Gasteiger partial charge on any atom is 0.264 e. The first-order chi connectivity index (χ1) is 15.0. The summed E-state index contributed by atoms with van der Waals surface area (Å²) in [7, 11) is -4.27. The summed E-state index contributed by atoms with van der Waals surface area (Å²) in [6.07, 6.45) is 1.97. The van der Waals surface area contributed by atoms with Crippen molar-refractivity contribution in [2.24, 2.45) is 11.8 Å². The molecule has 1 aliphatic rings. The summed E-state index contributed by atoms with van der Waals surface area (Å²) in [6.45, 7) is 3.53. The number of halogens is 3. The molecule has 10 heteroatoms. The third-order valence-corrected chi connectivity index (χ3v) is 7.26. The molecule has 1 N–H and O–H groups in total. The molecule has 2 aromatic carbocycles. The zero-order chi connectivity index (χ0) is 23.6. The molecule has 0 radical (unpaired) electrons. The monoisotopic (exact) mass is 500 g/mol. The second-order valence-corrected chi connectivity index (χ2v) is 10.6. The van der Waals surface area contributed by atoms with Crippen LogP contribution >= 0.6 is 23.2 Å². The maximum absolute atomic E-state index is 13.4. The lowest BCUT2D eigenvalue weighted by Crippen LogP contribution is -2.48. The van der Waals surface area contributed by atoms with E-state index in [0.29, 0.717) is 5.69 Å². The van der Waals surface area contributed by atoms with E-state index in [9.17, 15) is 22.4 Å². The highest BCUT2D eigenvalue weighted by atomic mass is 35.5. The highest BCUT2D eigenvalue weighted by Gasteiger charge is 2.39. The summed E-state index contributed by atoms with van der Waals surface area (Å²) < 4.78 is 40.9. The number of anilines is 1. The largest absolute Gasteiger partial charge is 0.309 e. The van der Waals surface area contributed by atoms with Gasteiger partial charge in [-0.15, -0.1) is 0 Å². The molecule has 0 heterocycles. The maximum atomic E-state index is 13.4. The Hall–Kier alpha value is -2.16. The van der Waals surface area contributed by atoms with E-state index in [0.717, 1.165) is 18.9 Å². The molecule has 1 saturated carbocycles. The average molecular weight is 501 g/mol. The number of nitrogens with zero attached hydrogens (tertiary/aromatic N) is 1. The van der Waals surface area contributed by atoms with Crippen LogP contribution in [0.4, 0.5) is 10.1 Å². The van der Waals surface area contributed by atoms with Crippen LogP contribution in [0.3, 0.4) is 0 Å². The van der Waals surface area contributed by atoms with Crippen LogP contribution < -0.4 is 9.62 Å². The number of hydrogen-bond donors (Lipinski definition) is 1. The summed E-state index contributed by atoms with van der Waals surface area (Å²) in [5.74, 6) is -2.96. The fourth-order valence-electron chi connectivity index (χ4n) is 3.36. The van der Waals surface area contributed by atoms with Crippen molar-refractivity contribution in [3.05, 3.63) is 58.3 Å². The molecule has 2 amide bonds. The van der Waals surface area contributed by atoms with Gasteiger partial charge >= 0.3 is 0 Å². The summed E-state index contributed by atoms with van der Waals surface area (Å²) in [4.78, 5) is 27.6. The third-order valence-electron chi connectivity index (χ3n) is 5.18. The standard InChI is InChI=1S/C22H23Cl2FN2O4S/c1-13(2)27(16-7-5-15(25)6-8-16)22(29)18(11-14-3-4-14)21(28)26-32(30,31)17-9-10-19(23)20(24)12-17/h5-10,12-14,18H,3-4,11H2,1-2H3,(H,26,28). The van der Waals surface area contributed by atoms with Crippen LogP contribution in [0.15, 0.2) is 47.4 Å². The first kappa shape index (κ1) is 24.5. The van der Waals surface area contributed by atoms with Crippen molar-refractivity contribution >= 4 is 50.7 Å². The van der Waals surface area contributed by atoms with Gasteiger partial charge in [-0.25, -0.2) is 17.5 Å². The van der Waals surface area contributed by atoms with E-state index in [1.165, 1.54) is 41.3 Å². The van der Waals surface area contributed by atoms with E-state index in [-0.39, 0.29) is 33.3 Å². The van der Waals surface area contributed by atoms with E-state index in [1.54, 1.807) is 13.8 Å². The van der Waals surface area contributed by atoms with Crippen LogP contribution in [-0.2, 0) is 19.6 Å². The van der Waals surface area contributed by atoms with Gasteiger partial charge in [-0.2, -0.15) is 0 Å². The van der Waals surface area contributed by atoms with Gasteiger partial charge in [0.25, 0.3) is 10.0 Å². The smallest absolute Gasteiger partial charge is 0.264 e. The lowest BCUT2D eigenvalue weighted by atomic mass is 9.98. The van der Waals surface area contributed by atoms with Gasteiger partial charge < -0.3 is 4.90 Å². The molecule has 1 aliphatic carbocycles. The third kappa shape index (κ3) is 5.79. The molecule has 3 rings (SSSR count). The first-order valence-corrected chi connectivity index (χ1v) is 12.3. The lowest BCUT2D eigenvalue weighted by molar-refractivity contribution is -0.133. The fraction of sp³-hybridized carbons (Fsp3) is 0.364. The van der Waals surface area contributed by atoms with Gasteiger partial charge in [0.15, 0.2) is 0 Å². The predicted molar refractivity (Wildman–Crippen MR) is 122 cm³/mol. The normalized spacial score (nSPS) is 14.8. The molecule has 2 aromatic rings. The number of nitrogens with one attached hydrogen (secondary N) is 1. The number of rotatable bonds is 8. The molecule has 0 bridgehead atoms. The van der Waals surface area contributed by atoms with Crippen LogP contribution in [0.25, 0.3) is 0 Å². The van der Waals surface area contributed by atoms with Gasteiger partial charge in [0.1, 0.15) is 11.7 Å². The zero-order valence-corrected chi connectivity index (χ0v) is 19.8. The molecule has 6 nitrogen and oxygen atoms in total.